The highest BCUT2D eigenvalue weighted by Gasteiger charge is 2.37. The topological polar surface area (TPSA) is 84.9 Å². The van der Waals surface area contributed by atoms with Gasteiger partial charge in [-0.15, -0.1) is 11.3 Å². The third-order valence-corrected chi connectivity index (χ3v) is 7.00. The Morgan fingerprint density at radius 3 is 3.00 bits per heavy atom. The maximum atomic E-state index is 5.87. The molecule has 29 heavy (non-hydrogen) atoms. The van der Waals surface area contributed by atoms with Crippen LogP contribution in [-0.4, -0.2) is 46.6 Å². The van der Waals surface area contributed by atoms with Crippen LogP contribution >= 0.6 is 11.3 Å². The number of aryl methyl sites for hydroxylation is 2. The van der Waals surface area contributed by atoms with Crippen LogP contribution in [0.1, 0.15) is 22.4 Å². The van der Waals surface area contributed by atoms with Gasteiger partial charge in [-0.05, 0) is 43.0 Å². The van der Waals surface area contributed by atoms with Gasteiger partial charge in [0.25, 0.3) is 0 Å². The van der Waals surface area contributed by atoms with Crippen molar-refractivity contribution in [2.75, 3.05) is 26.1 Å². The van der Waals surface area contributed by atoms with Crippen LogP contribution in [0.3, 0.4) is 0 Å². The lowest BCUT2D eigenvalue weighted by Gasteiger charge is -2.35. The number of anilines is 2. The van der Waals surface area contributed by atoms with Crippen LogP contribution in [-0.2, 0) is 22.3 Å². The first-order valence-corrected chi connectivity index (χ1v) is 10.4. The first-order chi connectivity index (χ1) is 14.1. The standard InChI is InChI=1S/C21H23N5O2S/c1-12-6-16-13(9-24-26-16)7-15(12)25-19-18-14-4-5-21(28-3,10-27-2)8-17(14)29-20(18)23-11-22-19/h6-7,9,11H,4-5,8,10H2,1-3H3,(H,24,26)(H,22,23,25). The summed E-state index contributed by atoms with van der Waals surface area (Å²) in [4.78, 5) is 11.5. The summed E-state index contributed by atoms with van der Waals surface area (Å²) < 4.78 is 11.3. The van der Waals surface area contributed by atoms with Gasteiger partial charge in [-0.2, -0.15) is 5.10 Å². The molecule has 0 radical (unpaired) electrons. The normalized spacial score (nSPS) is 19.0. The molecule has 2 N–H and O–H groups in total. The van der Waals surface area contributed by atoms with Crippen molar-refractivity contribution >= 4 is 44.0 Å². The Labute approximate surface area is 172 Å². The summed E-state index contributed by atoms with van der Waals surface area (Å²) >= 11 is 1.73. The first-order valence-electron chi connectivity index (χ1n) is 9.62. The van der Waals surface area contributed by atoms with Crippen molar-refractivity contribution in [1.29, 1.82) is 0 Å². The first kappa shape index (κ1) is 18.5. The minimum atomic E-state index is -0.257. The van der Waals surface area contributed by atoms with Gasteiger partial charge in [0, 0.05) is 36.6 Å². The third kappa shape index (κ3) is 3.08. The number of aromatic amines is 1. The van der Waals surface area contributed by atoms with Gasteiger partial charge in [0.2, 0.25) is 0 Å². The molecule has 150 valence electrons. The van der Waals surface area contributed by atoms with Crippen molar-refractivity contribution in [3.63, 3.8) is 0 Å². The number of methoxy groups -OCH3 is 2. The number of fused-ring (bicyclic) bond motifs is 4. The summed E-state index contributed by atoms with van der Waals surface area (Å²) in [5.41, 5.74) is 4.27. The number of H-pyrrole nitrogens is 1. The van der Waals surface area contributed by atoms with Gasteiger partial charge in [0.15, 0.2) is 0 Å². The molecule has 7 nitrogen and oxygen atoms in total. The van der Waals surface area contributed by atoms with Gasteiger partial charge in [-0.25, -0.2) is 9.97 Å². The number of thiophene rings is 1. The Hall–Kier alpha value is -2.55. The Morgan fingerprint density at radius 1 is 1.28 bits per heavy atom. The Bertz CT molecular complexity index is 1200. The average Bonchev–Trinajstić information content (AvgIpc) is 3.32. The van der Waals surface area contributed by atoms with Crippen LogP contribution in [0.25, 0.3) is 21.1 Å². The largest absolute Gasteiger partial charge is 0.382 e. The average molecular weight is 410 g/mol. The fourth-order valence-corrected chi connectivity index (χ4v) is 5.57. The molecule has 0 fully saturated rings. The number of rotatable bonds is 5. The number of aromatic nitrogens is 4. The van der Waals surface area contributed by atoms with E-state index in [0.717, 1.165) is 57.5 Å². The Morgan fingerprint density at radius 2 is 2.17 bits per heavy atom. The molecule has 4 aromatic rings. The van der Waals surface area contributed by atoms with Gasteiger partial charge in [-0.1, -0.05) is 0 Å². The lowest BCUT2D eigenvalue weighted by molar-refractivity contribution is -0.0714. The zero-order chi connectivity index (χ0) is 20.0. The van der Waals surface area contributed by atoms with Crippen molar-refractivity contribution in [3.8, 4) is 0 Å². The van der Waals surface area contributed by atoms with Crippen LogP contribution in [0.15, 0.2) is 24.7 Å². The van der Waals surface area contributed by atoms with E-state index in [-0.39, 0.29) is 5.60 Å². The summed E-state index contributed by atoms with van der Waals surface area (Å²) in [5.74, 6) is 0.857. The molecule has 0 saturated heterocycles. The van der Waals surface area contributed by atoms with E-state index in [1.165, 1.54) is 10.4 Å². The zero-order valence-corrected chi connectivity index (χ0v) is 17.5. The van der Waals surface area contributed by atoms with Gasteiger partial charge >= 0.3 is 0 Å². The molecule has 1 aromatic carbocycles. The molecule has 0 amide bonds. The molecule has 1 aliphatic rings. The molecule has 0 spiro atoms. The molecule has 1 unspecified atom stereocenters. The van der Waals surface area contributed by atoms with Crippen molar-refractivity contribution < 1.29 is 9.47 Å². The van der Waals surface area contributed by atoms with Crippen LogP contribution in [0, 0.1) is 6.92 Å². The number of hydrogen-bond donors (Lipinski definition) is 2. The van der Waals surface area contributed by atoms with Crippen LogP contribution in [0.4, 0.5) is 11.5 Å². The molecule has 3 aromatic heterocycles. The van der Waals surface area contributed by atoms with E-state index >= 15 is 0 Å². The second-order valence-corrected chi connectivity index (χ2v) is 8.74. The highest BCUT2D eigenvalue weighted by molar-refractivity contribution is 7.19. The van der Waals surface area contributed by atoms with E-state index in [2.05, 4.69) is 44.5 Å². The minimum absolute atomic E-state index is 0.257. The molecule has 8 heteroatoms. The molecule has 0 saturated carbocycles. The predicted molar refractivity (Wildman–Crippen MR) is 115 cm³/mol. The van der Waals surface area contributed by atoms with E-state index in [4.69, 9.17) is 9.47 Å². The predicted octanol–water partition coefficient (Wildman–Crippen LogP) is 4.14. The Kier molecular flexibility index (Phi) is 4.49. The van der Waals surface area contributed by atoms with E-state index in [0.29, 0.717) is 6.61 Å². The second kappa shape index (κ2) is 7.05. The van der Waals surface area contributed by atoms with E-state index < -0.39 is 0 Å². The van der Waals surface area contributed by atoms with Crippen molar-refractivity contribution in [2.45, 2.75) is 31.8 Å². The SMILES string of the molecule is COCC1(OC)CCc2c(sc3ncnc(Nc4cc5cn[nH]c5cc4C)c23)C1. The van der Waals surface area contributed by atoms with Crippen LogP contribution < -0.4 is 5.32 Å². The van der Waals surface area contributed by atoms with Gasteiger partial charge in [0.1, 0.15) is 17.0 Å². The maximum absolute atomic E-state index is 5.87. The lowest BCUT2D eigenvalue weighted by Crippen LogP contribution is -2.41. The van der Waals surface area contributed by atoms with Crippen LogP contribution in [0.2, 0.25) is 0 Å². The van der Waals surface area contributed by atoms with Gasteiger partial charge < -0.3 is 14.8 Å². The molecule has 1 aliphatic carbocycles. The second-order valence-electron chi connectivity index (χ2n) is 7.65. The lowest BCUT2D eigenvalue weighted by atomic mass is 9.84. The summed E-state index contributed by atoms with van der Waals surface area (Å²) in [5, 5.41) is 12.9. The molecule has 1 atom stereocenters. The van der Waals surface area contributed by atoms with Crippen molar-refractivity contribution in [2.24, 2.45) is 0 Å². The van der Waals surface area contributed by atoms with E-state index in [1.807, 2.05) is 6.20 Å². The number of nitrogens with one attached hydrogen (secondary N) is 2. The van der Waals surface area contributed by atoms with Gasteiger partial charge in [-0.3, -0.25) is 5.10 Å². The van der Waals surface area contributed by atoms with E-state index in [9.17, 15) is 0 Å². The molecule has 3 heterocycles. The highest BCUT2D eigenvalue weighted by atomic mass is 32.1. The molecular formula is C21H23N5O2S. The maximum Gasteiger partial charge on any atom is 0.142 e. The molecular weight excluding hydrogens is 386 g/mol. The van der Waals surface area contributed by atoms with Crippen molar-refractivity contribution in [1.82, 2.24) is 20.2 Å². The fourth-order valence-electron chi connectivity index (χ4n) is 4.25. The number of nitrogens with zero attached hydrogens (tertiary/aromatic N) is 3. The highest BCUT2D eigenvalue weighted by Crippen LogP contribution is 2.42. The molecule has 0 aliphatic heterocycles. The van der Waals surface area contributed by atoms with Crippen molar-refractivity contribution in [3.05, 3.63) is 40.7 Å². The summed E-state index contributed by atoms with van der Waals surface area (Å²) in [7, 11) is 3.51. The number of hydrogen-bond acceptors (Lipinski definition) is 7. The zero-order valence-electron chi connectivity index (χ0n) is 16.7. The summed E-state index contributed by atoms with van der Waals surface area (Å²) in [6.45, 7) is 2.68. The Balaban J connectivity index is 1.56. The van der Waals surface area contributed by atoms with Crippen LogP contribution in [0.5, 0.6) is 0 Å². The molecule has 5 rings (SSSR count). The smallest absolute Gasteiger partial charge is 0.142 e. The third-order valence-electron chi connectivity index (χ3n) is 5.86. The number of benzene rings is 1. The fraction of sp³-hybridized carbons (Fsp3) is 0.381. The van der Waals surface area contributed by atoms with Gasteiger partial charge in [0.05, 0.1) is 29.3 Å². The quantitative estimate of drug-likeness (QED) is 0.515. The molecule has 0 bridgehead atoms. The number of ether oxygens (including phenoxy) is 2. The summed E-state index contributed by atoms with van der Waals surface area (Å²) in [6, 6.07) is 4.21. The summed E-state index contributed by atoms with van der Waals surface area (Å²) in [6.07, 6.45) is 6.16. The van der Waals surface area contributed by atoms with E-state index in [1.54, 1.807) is 31.9 Å². The minimum Gasteiger partial charge on any atom is -0.382 e. The monoisotopic (exact) mass is 409 g/mol.